The van der Waals surface area contributed by atoms with E-state index in [4.69, 9.17) is 0 Å². The van der Waals surface area contributed by atoms with Gasteiger partial charge in [0.15, 0.2) is 0 Å². The highest BCUT2D eigenvalue weighted by atomic mass is 15.3. The molecular formula is C19H20N4. The molecule has 5 rings (SSSR count). The molecule has 1 atom stereocenters. The van der Waals surface area contributed by atoms with Crippen LogP contribution in [0.25, 0.3) is 11.0 Å². The van der Waals surface area contributed by atoms with E-state index in [-0.39, 0.29) is 0 Å². The monoisotopic (exact) mass is 304 g/mol. The van der Waals surface area contributed by atoms with Gasteiger partial charge < -0.3 is 9.88 Å². The quantitative estimate of drug-likeness (QED) is 0.791. The summed E-state index contributed by atoms with van der Waals surface area (Å²) in [6.07, 6.45) is 5.15. The number of hydrogen-bond acceptors (Lipinski definition) is 3. The Labute approximate surface area is 135 Å². The largest absolute Gasteiger partial charge is 0.365 e. The standard InChI is InChI=1S/C19H20N4/c1-2-6-18-14(4-1)10-16-13-22(8-9-23(16)18)12-15-11-21-19-17(15)5-3-7-20-19/h1-7,11,16H,8-10,12-13H2,(H,20,21). The predicted octanol–water partition coefficient (Wildman–Crippen LogP) is 2.81. The summed E-state index contributed by atoms with van der Waals surface area (Å²) in [6, 6.07) is 13.7. The third kappa shape index (κ3) is 2.13. The van der Waals surface area contributed by atoms with E-state index in [2.05, 4.69) is 56.3 Å². The molecule has 1 saturated heterocycles. The lowest BCUT2D eigenvalue weighted by Gasteiger charge is -2.39. The van der Waals surface area contributed by atoms with Crippen molar-refractivity contribution in [2.45, 2.75) is 19.0 Å². The maximum absolute atomic E-state index is 4.39. The van der Waals surface area contributed by atoms with Gasteiger partial charge in [-0.1, -0.05) is 18.2 Å². The fraction of sp³-hybridized carbons (Fsp3) is 0.316. The number of aromatic amines is 1. The number of fused-ring (bicyclic) bond motifs is 4. The minimum absolute atomic E-state index is 0.629. The van der Waals surface area contributed by atoms with Crippen LogP contribution in [0.15, 0.2) is 48.8 Å². The van der Waals surface area contributed by atoms with E-state index < -0.39 is 0 Å². The molecule has 1 fully saturated rings. The van der Waals surface area contributed by atoms with Crippen LogP contribution in [0, 0.1) is 0 Å². The summed E-state index contributed by atoms with van der Waals surface area (Å²) in [5.74, 6) is 0. The first-order chi connectivity index (χ1) is 11.4. The lowest BCUT2D eigenvalue weighted by Crippen LogP contribution is -2.51. The Kier molecular flexibility index (Phi) is 2.91. The summed E-state index contributed by atoms with van der Waals surface area (Å²) in [6.45, 7) is 4.40. The number of pyridine rings is 1. The highest BCUT2D eigenvalue weighted by Crippen LogP contribution is 2.34. The number of piperazine rings is 1. The lowest BCUT2D eigenvalue weighted by atomic mass is 10.1. The average Bonchev–Trinajstić information content (AvgIpc) is 3.16. The Balaban J connectivity index is 1.35. The molecule has 4 nitrogen and oxygen atoms in total. The molecule has 4 heteroatoms. The van der Waals surface area contributed by atoms with Crippen LogP contribution in [0.3, 0.4) is 0 Å². The van der Waals surface area contributed by atoms with Gasteiger partial charge in [-0.2, -0.15) is 0 Å². The Morgan fingerprint density at radius 1 is 1.13 bits per heavy atom. The predicted molar refractivity (Wildman–Crippen MR) is 92.7 cm³/mol. The van der Waals surface area contributed by atoms with Crippen LogP contribution in [-0.4, -0.2) is 40.5 Å². The van der Waals surface area contributed by atoms with Gasteiger partial charge in [-0.15, -0.1) is 0 Å². The second kappa shape index (κ2) is 5.10. The van der Waals surface area contributed by atoms with Crippen LogP contribution in [-0.2, 0) is 13.0 Å². The summed E-state index contributed by atoms with van der Waals surface area (Å²) in [5, 5.41) is 1.25. The van der Waals surface area contributed by atoms with Gasteiger partial charge in [-0.3, -0.25) is 4.90 Å². The Morgan fingerprint density at radius 2 is 2.09 bits per heavy atom. The van der Waals surface area contributed by atoms with Crippen molar-refractivity contribution >= 4 is 16.7 Å². The second-order valence-electron chi connectivity index (χ2n) is 6.63. The van der Waals surface area contributed by atoms with Gasteiger partial charge >= 0.3 is 0 Å². The number of nitrogens with zero attached hydrogens (tertiary/aromatic N) is 3. The fourth-order valence-corrected chi connectivity index (χ4v) is 4.16. The van der Waals surface area contributed by atoms with E-state index in [0.717, 1.165) is 31.8 Å². The molecule has 0 amide bonds. The zero-order valence-corrected chi connectivity index (χ0v) is 13.1. The van der Waals surface area contributed by atoms with Gasteiger partial charge in [0.05, 0.1) is 0 Å². The van der Waals surface area contributed by atoms with Crippen molar-refractivity contribution in [2.24, 2.45) is 0 Å². The zero-order valence-electron chi connectivity index (χ0n) is 13.1. The number of para-hydroxylation sites is 1. The molecule has 1 unspecified atom stereocenters. The molecule has 1 aromatic carbocycles. The molecule has 2 aliphatic heterocycles. The molecule has 2 aliphatic rings. The van der Waals surface area contributed by atoms with Gasteiger partial charge in [-0.25, -0.2) is 4.98 Å². The third-order valence-electron chi connectivity index (χ3n) is 5.25. The SMILES string of the molecule is c1ccc2c(c1)CC1CN(Cc3c[nH]c4ncccc34)CCN21. The number of H-pyrrole nitrogens is 1. The third-order valence-corrected chi connectivity index (χ3v) is 5.25. The molecule has 23 heavy (non-hydrogen) atoms. The minimum atomic E-state index is 0.629. The number of rotatable bonds is 2. The Hall–Kier alpha value is -2.33. The van der Waals surface area contributed by atoms with Crippen molar-refractivity contribution < 1.29 is 0 Å². The van der Waals surface area contributed by atoms with E-state index in [9.17, 15) is 0 Å². The van der Waals surface area contributed by atoms with Crippen LogP contribution in [0.2, 0.25) is 0 Å². The summed E-state index contributed by atoms with van der Waals surface area (Å²) in [7, 11) is 0. The van der Waals surface area contributed by atoms with Crippen molar-refractivity contribution in [1.29, 1.82) is 0 Å². The summed E-state index contributed by atoms with van der Waals surface area (Å²) in [5.41, 5.74) is 5.32. The fourth-order valence-electron chi connectivity index (χ4n) is 4.16. The van der Waals surface area contributed by atoms with E-state index in [1.807, 2.05) is 12.3 Å². The van der Waals surface area contributed by atoms with Crippen LogP contribution in [0.5, 0.6) is 0 Å². The molecule has 0 aliphatic carbocycles. The average molecular weight is 304 g/mol. The van der Waals surface area contributed by atoms with Gasteiger partial charge in [0.2, 0.25) is 0 Å². The molecule has 4 heterocycles. The molecule has 3 aromatic rings. The summed E-state index contributed by atoms with van der Waals surface area (Å²) < 4.78 is 0. The van der Waals surface area contributed by atoms with E-state index in [0.29, 0.717) is 6.04 Å². The summed E-state index contributed by atoms with van der Waals surface area (Å²) in [4.78, 5) is 12.9. The topological polar surface area (TPSA) is 35.2 Å². The van der Waals surface area contributed by atoms with Crippen LogP contribution < -0.4 is 4.90 Å². The number of benzene rings is 1. The molecule has 0 radical (unpaired) electrons. The highest BCUT2D eigenvalue weighted by molar-refractivity contribution is 5.79. The number of nitrogens with one attached hydrogen (secondary N) is 1. The first kappa shape index (κ1) is 13.1. The molecule has 0 spiro atoms. The summed E-state index contributed by atoms with van der Waals surface area (Å²) >= 11 is 0. The van der Waals surface area contributed by atoms with Gasteiger partial charge in [0, 0.05) is 55.7 Å². The van der Waals surface area contributed by atoms with Crippen molar-refractivity contribution in [3.05, 3.63) is 59.9 Å². The second-order valence-corrected chi connectivity index (χ2v) is 6.63. The van der Waals surface area contributed by atoms with E-state index >= 15 is 0 Å². The number of aromatic nitrogens is 2. The van der Waals surface area contributed by atoms with Crippen LogP contribution >= 0.6 is 0 Å². The first-order valence-corrected chi connectivity index (χ1v) is 8.36. The Bertz CT molecular complexity index is 853. The molecule has 0 bridgehead atoms. The number of hydrogen-bond donors (Lipinski definition) is 1. The molecule has 0 saturated carbocycles. The maximum Gasteiger partial charge on any atom is 0.137 e. The van der Waals surface area contributed by atoms with Gasteiger partial charge in [0.25, 0.3) is 0 Å². The molecule has 116 valence electrons. The van der Waals surface area contributed by atoms with Crippen molar-refractivity contribution in [1.82, 2.24) is 14.9 Å². The van der Waals surface area contributed by atoms with Crippen molar-refractivity contribution in [2.75, 3.05) is 24.5 Å². The van der Waals surface area contributed by atoms with Gasteiger partial charge in [0.1, 0.15) is 5.65 Å². The highest BCUT2D eigenvalue weighted by Gasteiger charge is 2.33. The normalized spacial score (nSPS) is 20.7. The van der Waals surface area contributed by atoms with Crippen molar-refractivity contribution in [3.8, 4) is 0 Å². The zero-order chi connectivity index (χ0) is 15.2. The molecule has 1 N–H and O–H groups in total. The van der Waals surface area contributed by atoms with E-state index in [1.165, 1.54) is 28.6 Å². The maximum atomic E-state index is 4.39. The molecule has 2 aromatic heterocycles. The molecular weight excluding hydrogens is 284 g/mol. The minimum Gasteiger partial charge on any atom is -0.365 e. The first-order valence-electron chi connectivity index (χ1n) is 8.36. The lowest BCUT2D eigenvalue weighted by molar-refractivity contribution is 0.220. The van der Waals surface area contributed by atoms with Crippen molar-refractivity contribution in [3.63, 3.8) is 0 Å². The smallest absolute Gasteiger partial charge is 0.137 e. The number of anilines is 1. The van der Waals surface area contributed by atoms with Crippen LogP contribution in [0.1, 0.15) is 11.1 Å². The van der Waals surface area contributed by atoms with E-state index in [1.54, 1.807) is 0 Å². The van der Waals surface area contributed by atoms with Crippen LogP contribution in [0.4, 0.5) is 5.69 Å². The Morgan fingerprint density at radius 3 is 3.09 bits per heavy atom. The van der Waals surface area contributed by atoms with Gasteiger partial charge in [-0.05, 0) is 35.7 Å².